The molecule has 4 aromatic rings. The monoisotopic (exact) mass is 551 g/mol. The summed E-state index contributed by atoms with van der Waals surface area (Å²) in [7, 11) is 0. The zero-order chi connectivity index (χ0) is 22.8. The van der Waals surface area contributed by atoms with Gasteiger partial charge in [-0.25, -0.2) is 0 Å². The van der Waals surface area contributed by atoms with Crippen molar-refractivity contribution in [2.45, 2.75) is 0 Å². The predicted octanol–water partition coefficient (Wildman–Crippen LogP) is 7.31. The molecular formula is C26H20CuN2S4. The SMILES string of the molecule is S=C([S-])N(c1ccccc1)c1ccccc1.S=C([S-])N(c1ccccc1)c1ccccc1.[Cu+2]. The first-order valence-corrected chi connectivity index (χ1v) is 11.4. The van der Waals surface area contributed by atoms with Gasteiger partial charge in [-0.15, -0.1) is 0 Å². The summed E-state index contributed by atoms with van der Waals surface area (Å²) >= 11 is 20.5. The van der Waals surface area contributed by atoms with E-state index in [9.17, 15) is 0 Å². The number of rotatable bonds is 4. The predicted molar refractivity (Wildman–Crippen MR) is 150 cm³/mol. The Hall–Kier alpha value is -2.38. The van der Waals surface area contributed by atoms with Crippen LogP contribution in [-0.2, 0) is 42.3 Å². The van der Waals surface area contributed by atoms with Crippen molar-refractivity contribution in [3.63, 3.8) is 0 Å². The molecule has 0 aliphatic heterocycles. The normalized spacial score (nSPS) is 9.45. The van der Waals surface area contributed by atoms with Crippen LogP contribution in [0.4, 0.5) is 22.7 Å². The first-order valence-electron chi connectivity index (χ1n) is 9.80. The third-order valence-electron chi connectivity index (χ3n) is 4.42. The minimum atomic E-state index is 0. The summed E-state index contributed by atoms with van der Waals surface area (Å²) in [5.41, 5.74) is 3.98. The van der Waals surface area contributed by atoms with Gasteiger partial charge in [0.1, 0.15) is 0 Å². The topological polar surface area (TPSA) is 6.48 Å². The summed E-state index contributed by atoms with van der Waals surface area (Å²) in [6.45, 7) is 0. The molecule has 0 heterocycles. The smallest absolute Gasteiger partial charge is 0.411 e. The maximum atomic E-state index is 5.12. The molecule has 33 heavy (non-hydrogen) atoms. The maximum absolute atomic E-state index is 5.12. The van der Waals surface area contributed by atoms with Crippen LogP contribution in [0.1, 0.15) is 0 Å². The minimum absolute atomic E-state index is 0. The Bertz CT molecular complexity index is 956. The van der Waals surface area contributed by atoms with Gasteiger partial charge in [0.2, 0.25) is 0 Å². The fourth-order valence-electron chi connectivity index (χ4n) is 3.03. The molecule has 1 radical (unpaired) electrons. The van der Waals surface area contributed by atoms with Gasteiger partial charge in [0.25, 0.3) is 0 Å². The molecule has 0 N–H and O–H groups in total. The number of nitrogens with zero attached hydrogens (tertiary/aromatic N) is 2. The molecule has 169 valence electrons. The largest absolute Gasteiger partial charge is 2.00 e. The van der Waals surface area contributed by atoms with Crippen LogP contribution in [0, 0.1) is 0 Å². The summed E-state index contributed by atoms with van der Waals surface area (Å²) in [6, 6.07) is 39.6. The Morgan fingerprint density at radius 2 is 0.606 bits per heavy atom. The van der Waals surface area contributed by atoms with Crippen molar-refractivity contribution in [2.24, 2.45) is 0 Å². The fourth-order valence-corrected chi connectivity index (χ4v) is 3.87. The van der Waals surface area contributed by atoms with Gasteiger partial charge in [-0.1, -0.05) is 81.4 Å². The van der Waals surface area contributed by atoms with Crippen molar-refractivity contribution < 1.29 is 17.1 Å². The van der Waals surface area contributed by atoms with E-state index in [1.165, 1.54) is 0 Å². The number of thiocarbonyl (C=S) groups is 2. The Morgan fingerprint density at radius 1 is 0.424 bits per heavy atom. The van der Waals surface area contributed by atoms with E-state index in [0.717, 1.165) is 22.7 Å². The standard InChI is InChI=1S/2C13H11NS2.Cu/c2*15-13(16)14(11-7-3-1-4-8-11)12-9-5-2-6-10-12;/h2*1-10H,(H,15,16);/q;;+2/p-2. The Labute approximate surface area is 227 Å². The van der Waals surface area contributed by atoms with Crippen molar-refractivity contribution in [1.29, 1.82) is 0 Å². The van der Waals surface area contributed by atoms with E-state index in [1.807, 2.05) is 131 Å². The van der Waals surface area contributed by atoms with Crippen molar-refractivity contribution in [1.82, 2.24) is 0 Å². The average Bonchev–Trinajstić information content (AvgIpc) is 2.82. The van der Waals surface area contributed by atoms with Gasteiger partial charge in [-0.3, -0.25) is 0 Å². The van der Waals surface area contributed by atoms with Crippen LogP contribution in [0.3, 0.4) is 0 Å². The summed E-state index contributed by atoms with van der Waals surface area (Å²) in [4.78, 5) is 3.76. The molecule has 0 saturated heterocycles. The Kier molecular flexibility index (Phi) is 11.4. The summed E-state index contributed by atoms with van der Waals surface area (Å²) in [6.07, 6.45) is 0. The third kappa shape index (κ3) is 7.86. The third-order valence-corrected chi connectivity index (χ3v) is 5.15. The first-order chi connectivity index (χ1) is 15.6. The van der Waals surface area contributed by atoms with E-state index in [4.69, 9.17) is 49.7 Å². The number of benzene rings is 4. The van der Waals surface area contributed by atoms with E-state index in [-0.39, 0.29) is 17.1 Å². The van der Waals surface area contributed by atoms with Gasteiger partial charge in [0.15, 0.2) is 0 Å². The molecule has 0 aliphatic carbocycles. The Morgan fingerprint density at radius 3 is 0.758 bits per heavy atom. The van der Waals surface area contributed by atoms with Crippen molar-refractivity contribution in [3.8, 4) is 0 Å². The Balaban J connectivity index is 0.000000227. The molecular weight excluding hydrogens is 532 g/mol. The van der Waals surface area contributed by atoms with Crippen LogP contribution < -0.4 is 9.80 Å². The van der Waals surface area contributed by atoms with E-state index < -0.39 is 0 Å². The summed E-state index contributed by atoms with van der Waals surface area (Å²) in [5, 5.41) is 0. The van der Waals surface area contributed by atoms with Crippen LogP contribution >= 0.6 is 24.4 Å². The maximum Gasteiger partial charge on any atom is 2.00 e. The molecule has 0 spiro atoms. The first kappa shape index (κ1) is 26.9. The molecule has 0 fully saturated rings. The van der Waals surface area contributed by atoms with Gasteiger partial charge >= 0.3 is 17.1 Å². The molecule has 0 unspecified atom stereocenters. The quantitative estimate of drug-likeness (QED) is 0.148. The summed E-state index contributed by atoms with van der Waals surface area (Å²) in [5.74, 6) is 0. The second-order valence-corrected chi connectivity index (χ2v) is 8.61. The number of anilines is 4. The second-order valence-electron chi connectivity index (χ2n) is 6.54. The molecule has 4 aromatic carbocycles. The van der Waals surface area contributed by atoms with E-state index in [1.54, 1.807) is 0 Å². The van der Waals surface area contributed by atoms with Crippen molar-refractivity contribution >= 4 is 81.1 Å². The van der Waals surface area contributed by atoms with Gasteiger partial charge in [0, 0.05) is 22.7 Å². The average molecular weight is 552 g/mol. The molecule has 2 nitrogen and oxygen atoms in total. The number of hydrogen-bond donors (Lipinski definition) is 0. The van der Waals surface area contributed by atoms with Crippen LogP contribution in [0.5, 0.6) is 0 Å². The fraction of sp³-hybridized carbons (Fsp3) is 0. The van der Waals surface area contributed by atoms with Crippen molar-refractivity contribution in [3.05, 3.63) is 121 Å². The molecule has 0 aliphatic rings. The van der Waals surface area contributed by atoms with Crippen LogP contribution in [0.25, 0.3) is 0 Å². The van der Waals surface area contributed by atoms with Crippen molar-refractivity contribution in [2.75, 3.05) is 9.80 Å². The second kappa shape index (κ2) is 14.0. The van der Waals surface area contributed by atoms with E-state index >= 15 is 0 Å². The van der Waals surface area contributed by atoms with Gasteiger partial charge in [-0.05, 0) is 48.5 Å². The van der Waals surface area contributed by atoms with E-state index in [2.05, 4.69) is 0 Å². The minimum Gasteiger partial charge on any atom is -0.411 e. The molecule has 0 amide bonds. The zero-order valence-electron chi connectivity index (χ0n) is 17.4. The van der Waals surface area contributed by atoms with Crippen LogP contribution in [0.2, 0.25) is 0 Å². The van der Waals surface area contributed by atoms with Crippen LogP contribution in [0.15, 0.2) is 121 Å². The molecule has 0 aromatic heterocycles. The number of para-hydroxylation sites is 4. The zero-order valence-corrected chi connectivity index (χ0v) is 21.6. The molecule has 7 heteroatoms. The van der Waals surface area contributed by atoms with Gasteiger partial charge < -0.3 is 59.5 Å². The molecule has 0 saturated carbocycles. The summed E-state index contributed by atoms with van der Waals surface area (Å²) < 4.78 is 0.856. The molecule has 0 bridgehead atoms. The van der Waals surface area contributed by atoms with Gasteiger partial charge in [0.05, 0.1) is 0 Å². The van der Waals surface area contributed by atoms with Crippen LogP contribution in [-0.4, -0.2) is 8.64 Å². The molecule has 0 atom stereocenters. The number of hydrogen-bond acceptors (Lipinski definition) is 4. The van der Waals surface area contributed by atoms with Gasteiger partial charge in [-0.2, -0.15) is 0 Å². The molecule has 4 rings (SSSR count). The van der Waals surface area contributed by atoms with E-state index in [0.29, 0.717) is 8.64 Å².